The molecule has 0 unspecified atom stereocenters. The molecule has 11 heteroatoms. The van der Waals surface area contributed by atoms with Crippen LogP contribution in [0, 0.1) is 6.92 Å². The van der Waals surface area contributed by atoms with Crippen molar-refractivity contribution in [1.29, 1.82) is 0 Å². The fourth-order valence-electron chi connectivity index (χ4n) is 7.77. The summed E-state index contributed by atoms with van der Waals surface area (Å²) in [5.74, 6) is 1.57. The maximum Gasteiger partial charge on any atom is 0.331 e. The third-order valence-electron chi connectivity index (χ3n) is 10.2. The number of hydrogen-bond acceptors (Lipinski definition) is 5. The Morgan fingerprint density at radius 3 is 1.69 bits per heavy atom. The van der Waals surface area contributed by atoms with Gasteiger partial charge in [-0.1, -0.05) is 72.8 Å². The lowest BCUT2D eigenvalue weighted by molar-refractivity contribution is 0.519. The Morgan fingerprint density at radius 2 is 1.12 bits per heavy atom. The molecule has 0 radical (unpaired) electrons. The van der Waals surface area contributed by atoms with Crippen molar-refractivity contribution in [2.24, 2.45) is 28.2 Å². The highest BCUT2D eigenvalue weighted by atomic mass is 16.3. The summed E-state index contributed by atoms with van der Waals surface area (Å²) in [5.41, 5.74) is 6.62. The van der Waals surface area contributed by atoms with E-state index in [0.29, 0.717) is 21.8 Å². The van der Waals surface area contributed by atoms with Gasteiger partial charge in [-0.15, -0.1) is 0 Å². The summed E-state index contributed by atoms with van der Waals surface area (Å²) < 4.78 is 15.7. The number of nitrogens with zero attached hydrogens (tertiary/aromatic N) is 6. The second-order valence-corrected chi connectivity index (χ2v) is 13.3. The molecule has 7 heterocycles. The van der Waals surface area contributed by atoms with Gasteiger partial charge in [0.25, 0.3) is 11.1 Å². The van der Waals surface area contributed by atoms with E-state index < -0.39 is 0 Å². The molecule has 0 amide bonds. The molecule has 0 saturated heterocycles. The minimum Gasteiger partial charge on any atom is -0.461 e. The third kappa shape index (κ3) is 4.87. The summed E-state index contributed by atoms with van der Waals surface area (Å²) in [6.07, 6.45) is 7.96. The molecule has 0 N–H and O–H groups in total. The van der Waals surface area contributed by atoms with Crippen LogP contribution in [-0.4, -0.2) is 27.4 Å². The predicted molar refractivity (Wildman–Crippen MR) is 205 cm³/mol. The van der Waals surface area contributed by atoms with Gasteiger partial charge in [-0.25, -0.2) is 9.59 Å². The first kappa shape index (κ1) is 32.8. The first-order valence-electron chi connectivity index (χ1n) is 17.3. The Kier molecular flexibility index (Phi) is 7.86. The van der Waals surface area contributed by atoms with Crippen LogP contribution in [0.25, 0.3) is 56.0 Å². The van der Waals surface area contributed by atoms with Crippen LogP contribution in [0.15, 0.2) is 109 Å². The molecule has 11 nitrogen and oxygen atoms in total. The summed E-state index contributed by atoms with van der Waals surface area (Å²) in [6, 6.07) is 23.6. The van der Waals surface area contributed by atoms with Gasteiger partial charge >= 0.3 is 11.4 Å². The maximum atomic E-state index is 13.3. The van der Waals surface area contributed by atoms with E-state index in [-0.39, 0.29) is 22.5 Å². The van der Waals surface area contributed by atoms with Crippen molar-refractivity contribution in [1.82, 2.24) is 27.4 Å². The molecule has 52 heavy (non-hydrogen) atoms. The van der Waals surface area contributed by atoms with Crippen molar-refractivity contribution in [3.8, 4) is 22.5 Å². The monoisotopic (exact) mass is 694 g/mol. The smallest absolute Gasteiger partial charge is 0.331 e. The molecule has 2 aliphatic rings. The second kappa shape index (κ2) is 12.4. The van der Waals surface area contributed by atoms with Crippen LogP contribution in [0.5, 0.6) is 0 Å². The molecule has 7 aromatic rings. The average Bonchev–Trinajstić information content (AvgIpc) is 3.87. The zero-order valence-corrected chi connectivity index (χ0v) is 29.7. The quantitative estimate of drug-likeness (QED) is 0.241. The number of fused-ring (bicyclic) bond motifs is 6. The molecule has 2 aromatic carbocycles. The van der Waals surface area contributed by atoms with E-state index in [1.165, 1.54) is 23.2 Å². The lowest BCUT2D eigenvalue weighted by Gasteiger charge is -2.19. The Hall–Kier alpha value is -6.36. The van der Waals surface area contributed by atoms with E-state index in [2.05, 4.69) is 21.3 Å². The van der Waals surface area contributed by atoms with Crippen molar-refractivity contribution >= 4 is 33.5 Å². The molecule has 0 atom stereocenters. The van der Waals surface area contributed by atoms with E-state index >= 15 is 0 Å². The third-order valence-corrected chi connectivity index (χ3v) is 10.2. The van der Waals surface area contributed by atoms with Crippen LogP contribution in [0.2, 0.25) is 0 Å². The summed E-state index contributed by atoms with van der Waals surface area (Å²) in [6.45, 7) is 3.45. The number of rotatable bonds is 3. The highest BCUT2D eigenvalue weighted by molar-refractivity contribution is 6.03. The van der Waals surface area contributed by atoms with Gasteiger partial charge in [0.05, 0.1) is 44.6 Å². The van der Waals surface area contributed by atoms with Crippen LogP contribution in [0.1, 0.15) is 35.7 Å². The van der Waals surface area contributed by atoms with E-state index in [9.17, 15) is 19.2 Å². The zero-order valence-electron chi connectivity index (χ0n) is 29.7. The standard InChI is InChI=1S/C23H21N3O3.C18H17N3O2/c1-14-11-12-17(29-14)16-10-7-13-26-19(15-8-5-4-6-9-15)18-21(20(16)26)24(2)23(28)25(3)22(18)27;1-19-16-13-10-6-7-11-21(13)15(12-8-4-3-5-9-12)14(16)17(22)20(2)18(19)23/h4-6,8-12H,7,13H2,1-3H3;3-6,8-10H,7,11H2,1-2H3. The van der Waals surface area contributed by atoms with Gasteiger partial charge in [0.2, 0.25) is 0 Å². The molecule has 5 aromatic heterocycles. The van der Waals surface area contributed by atoms with Gasteiger partial charge in [0.1, 0.15) is 11.5 Å². The number of allylic oxidation sites excluding steroid dienone is 2. The fraction of sp³-hybridized carbons (Fsp3) is 0.220. The van der Waals surface area contributed by atoms with Crippen LogP contribution >= 0.6 is 0 Å². The fourth-order valence-corrected chi connectivity index (χ4v) is 7.77. The van der Waals surface area contributed by atoms with Crippen molar-refractivity contribution in [2.45, 2.75) is 32.9 Å². The van der Waals surface area contributed by atoms with Gasteiger partial charge < -0.3 is 13.6 Å². The minimum atomic E-state index is -0.337. The van der Waals surface area contributed by atoms with E-state index in [1.54, 1.807) is 23.2 Å². The van der Waals surface area contributed by atoms with Crippen LogP contribution in [0.3, 0.4) is 0 Å². The normalized spacial score (nSPS) is 13.5. The number of benzene rings is 2. The summed E-state index contributed by atoms with van der Waals surface area (Å²) in [7, 11) is 6.51. The van der Waals surface area contributed by atoms with Crippen molar-refractivity contribution < 1.29 is 4.42 Å². The molecule has 0 saturated carbocycles. The molecule has 2 aliphatic heterocycles. The van der Waals surface area contributed by atoms with E-state index in [0.717, 1.165) is 76.9 Å². The SMILES string of the molecule is Cc1ccc(C2=CCCn3c(-c4ccccc4)c4c(=O)n(C)c(=O)n(C)c4c32)o1.Cn1c(=O)c2c(-c3ccccc3)n3c(c2n(C)c1=O)C=CCC3. The highest BCUT2D eigenvalue weighted by Crippen LogP contribution is 2.40. The summed E-state index contributed by atoms with van der Waals surface area (Å²) in [4.78, 5) is 51.2. The Balaban J connectivity index is 0.000000153. The Labute approximate surface area is 297 Å². The van der Waals surface area contributed by atoms with Crippen LogP contribution in [0.4, 0.5) is 0 Å². The summed E-state index contributed by atoms with van der Waals surface area (Å²) >= 11 is 0. The van der Waals surface area contributed by atoms with Gasteiger partial charge in [-0.3, -0.25) is 27.9 Å². The zero-order chi connectivity index (χ0) is 36.4. The molecule has 0 aliphatic carbocycles. The van der Waals surface area contributed by atoms with Crippen molar-refractivity contribution in [2.75, 3.05) is 0 Å². The predicted octanol–water partition coefficient (Wildman–Crippen LogP) is 5.57. The van der Waals surface area contributed by atoms with Crippen molar-refractivity contribution in [3.05, 3.63) is 150 Å². The Morgan fingerprint density at radius 1 is 0.577 bits per heavy atom. The van der Waals surface area contributed by atoms with Gasteiger partial charge in [-0.2, -0.15) is 0 Å². The molecule has 0 bridgehead atoms. The second-order valence-electron chi connectivity index (χ2n) is 13.3. The van der Waals surface area contributed by atoms with Crippen LogP contribution < -0.4 is 22.5 Å². The number of hydrogen-bond donors (Lipinski definition) is 0. The highest BCUT2D eigenvalue weighted by Gasteiger charge is 2.30. The molecule has 262 valence electrons. The maximum absolute atomic E-state index is 13.3. The van der Waals surface area contributed by atoms with Crippen LogP contribution in [-0.2, 0) is 41.3 Å². The number of aromatic nitrogens is 6. The van der Waals surface area contributed by atoms with Gasteiger partial charge in [0.15, 0.2) is 0 Å². The first-order valence-corrected chi connectivity index (χ1v) is 17.3. The van der Waals surface area contributed by atoms with E-state index in [4.69, 9.17) is 4.42 Å². The molecule has 0 spiro atoms. The first-order chi connectivity index (χ1) is 25.1. The van der Waals surface area contributed by atoms with E-state index in [1.807, 2.05) is 85.8 Å². The number of furan rings is 1. The minimum absolute atomic E-state index is 0.239. The molecule has 9 rings (SSSR count). The summed E-state index contributed by atoms with van der Waals surface area (Å²) in [5, 5.41) is 1.18. The molecular formula is C41H38N6O5. The average molecular weight is 695 g/mol. The topological polar surface area (TPSA) is 111 Å². The lowest BCUT2D eigenvalue weighted by atomic mass is 10.0. The molecule has 0 fully saturated rings. The van der Waals surface area contributed by atoms with Gasteiger partial charge in [-0.05, 0) is 49.1 Å². The Bertz CT molecular complexity index is 2870. The lowest BCUT2D eigenvalue weighted by Crippen LogP contribution is -2.36. The van der Waals surface area contributed by atoms with Gasteiger partial charge in [0, 0.05) is 46.9 Å². The largest absolute Gasteiger partial charge is 0.461 e. The van der Waals surface area contributed by atoms with Crippen molar-refractivity contribution in [3.63, 3.8) is 0 Å². The number of aryl methyl sites for hydroxylation is 3. The molecular weight excluding hydrogens is 656 g/mol.